The Morgan fingerprint density at radius 3 is 2.67 bits per heavy atom. The molecule has 118 valence electrons. The van der Waals surface area contributed by atoms with E-state index in [4.69, 9.17) is 16.2 Å². The molecular formula is C14H23N3O3S. The van der Waals surface area contributed by atoms with E-state index in [1.54, 1.807) is 12.1 Å². The zero-order valence-electron chi connectivity index (χ0n) is 12.2. The number of nitrogens with two attached hydrogens (primary N) is 1. The van der Waals surface area contributed by atoms with Gasteiger partial charge in [0.2, 0.25) is 0 Å². The highest BCUT2D eigenvalue weighted by molar-refractivity contribution is 7.91. The van der Waals surface area contributed by atoms with E-state index >= 15 is 0 Å². The Hall–Kier alpha value is -1.44. The molecule has 0 aliphatic rings. The van der Waals surface area contributed by atoms with Gasteiger partial charge in [-0.1, -0.05) is 19.1 Å². The first kappa shape index (κ1) is 17.6. The molecule has 7 heteroatoms. The highest BCUT2D eigenvalue weighted by atomic mass is 32.2. The van der Waals surface area contributed by atoms with Crippen LogP contribution in [0.1, 0.15) is 18.9 Å². The molecule has 4 N–H and O–H groups in total. The number of benzene rings is 1. The van der Waals surface area contributed by atoms with Gasteiger partial charge in [0.1, 0.15) is 5.84 Å². The molecule has 0 fully saturated rings. The number of sulfone groups is 1. The molecular weight excluding hydrogens is 290 g/mol. The van der Waals surface area contributed by atoms with E-state index in [9.17, 15) is 8.42 Å². The Bertz CT molecular complexity index is 573. The van der Waals surface area contributed by atoms with Gasteiger partial charge in [0.25, 0.3) is 0 Å². The molecule has 0 bridgehead atoms. The van der Waals surface area contributed by atoms with E-state index in [0.29, 0.717) is 25.1 Å². The van der Waals surface area contributed by atoms with Crippen LogP contribution >= 0.6 is 0 Å². The van der Waals surface area contributed by atoms with Crippen LogP contribution in [0.4, 0.5) is 0 Å². The van der Waals surface area contributed by atoms with Gasteiger partial charge in [-0.3, -0.25) is 5.41 Å². The Morgan fingerprint density at radius 2 is 2.10 bits per heavy atom. The summed E-state index contributed by atoms with van der Waals surface area (Å²) in [6, 6.07) is 6.15. The first-order chi connectivity index (χ1) is 9.90. The molecule has 0 aliphatic carbocycles. The van der Waals surface area contributed by atoms with Crippen LogP contribution in [0, 0.1) is 5.41 Å². The molecule has 0 amide bonds. The lowest BCUT2D eigenvalue weighted by Gasteiger charge is -2.19. The minimum absolute atomic E-state index is 0.00757. The van der Waals surface area contributed by atoms with Crippen molar-refractivity contribution >= 4 is 15.7 Å². The number of rotatable bonds is 9. The summed E-state index contributed by atoms with van der Waals surface area (Å²) in [6.07, 6.45) is 0.633. The van der Waals surface area contributed by atoms with E-state index in [1.807, 2.05) is 11.8 Å². The lowest BCUT2D eigenvalue weighted by atomic mass is 10.2. The van der Waals surface area contributed by atoms with Crippen LogP contribution in [0.25, 0.3) is 0 Å². The van der Waals surface area contributed by atoms with Gasteiger partial charge in [-0.05, 0) is 25.1 Å². The van der Waals surface area contributed by atoms with Crippen LogP contribution in [-0.2, 0) is 9.84 Å². The number of aliphatic hydroxyl groups is 1. The molecule has 0 saturated carbocycles. The van der Waals surface area contributed by atoms with Crippen molar-refractivity contribution < 1.29 is 13.5 Å². The van der Waals surface area contributed by atoms with E-state index in [0.717, 1.165) is 6.54 Å². The second-order valence-electron chi connectivity index (χ2n) is 4.77. The number of amidine groups is 1. The fourth-order valence-electron chi connectivity index (χ4n) is 1.95. The van der Waals surface area contributed by atoms with Crippen molar-refractivity contribution in [2.45, 2.75) is 18.2 Å². The molecule has 1 aromatic rings. The van der Waals surface area contributed by atoms with Crippen LogP contribution in [0.3, 0.4) is 0 Å². The normalized spacial score (nSPS) is 11.8. The van der Waals surface area contributed by atoms with E-state index in [2.05, 4.69) is 0 Å². The zero-order chi connectivity index (χ0) is 15.9. The lowest BCUT2D eigenvalue weighted by molar-refractivity contribution is 0.237. The fourth-order valence-corrected chi connectivity index (χ4v) is 3.27. The minimum Gasteiger partial charge on any atom is -0.396 e. The second kappa shape index (κ2) is 8.11. The van der Waals surface area contributed by atoms with Crippen molar-refractivity contribution in [3.8, 4) is 0 Å². The summed E-state index contributed by atoms with van der Waals surface area (Å²) in [6.45, 7) is 3.90. The van der Waals surface area contributed by atoms with Crippen LogP contribution in [-0.4, -0.2) is 56.3 Å². The van der Waals surface area contributed by atoms with Crippen LogP contribution < -0.4 is 5.73 Å². The lowest BCUT2D eigenvalue weighted by Crippen LogP contribution is -2.30. The summed E-state index contributed by atoms with van der Waals surface area (Å²) < 4.78 is 24.6. The molecule has 21 heavy (non-hydrogen) atoms. The zero-order valence-corrected chi connectivity index (χ0v) is 13.1. The standard InChI is InChI=1S/C14H23N3O3S/c1-2-17(7-4-9-18)8-10-21(19,20)13-6-3-5-12(11-13)14(15)16/h3,5-6,11,18H,2,4,7-10H2,1H3,(H3,15,16). The van der Waals surface area contributed by atoms with Gasteiger partial charge in [-0.15, -0.1) is 0 Å². The molecule has 1 aromatic carbocycles. The number of aliphatic hydroxyl groups excluding tert-OH is 1. The number of hydrogen-bond acceptors (Lipinski definition) is 5. The Balaban J connectivity index is 2.77. The molecule has 0 saturated heterocycles. The maximum Gasteiger partial charge on any atom is 0.179 e. The molecule has 0 heterocycles. The minimum atomic E-state index is -3.40. The maximum atomic E-state index is 12.3. The van der Waals surface area contributed by atoms with Gasteiger partial charge in [0.05, 0.1) is 10.6 Å². The highest BCUT2D eigenvalue weighted by Crippen LogP contribution is 2.13. The first-order valence-electron chi connectivity index (χ1n) is 6.91. The Kier molecular flexibility index (Phi) is 6.80. The van der Waals surface area contributed by atoms with Crippen LogP contribution in [0.2, 0.25) is 0 Å². The van der Waals surface area contributed by atoms with Crippen molar-refractivity contribution in [3.05, 3.63) is 29.8 Å². The van der Waals surface area contributed by atoms with Gasteiger partial charge < -0.3 is 15.7 Å². The summed E-state index contributed by atoms with van der Waals surface area (Å²) in [5.74, 6) is -0.140. The maximum absolute atomic E-state index is 12.3. The van der Waals surface area contributed by atoms with Gasteiger partial charge in [0, 0.05) is 25.3 Å². The number of nitrogens with zero attached hydrogens (tertiary/aromatic N) is 1. The van der Waals surface area contributed by atoms with Gasteiger partial charge in [0.15, 0.2) is 9.84 Å². The van der Waals surface area contributed by atoms with Gasteiger partial charge in [-0.25, -0.2) is 8.42 Å². The summed E-state index contributed by atoms with van der Waals surface area (Å²) >= 11 is 0. The van der Waals surface area contributed by atoms with E-state index in [-0.39, 0.29) is 23.1 Å². The van der Waals surface area contributed by atoms with Crippen molar-refractivity contribution in [2.24, 2.45) is 5.73 Å². The van der Waals surface area contributed by atoms with Gasteiger partial charge >= 0.3 is 0 Å². The number of nitrogen functional groups attached to an aromatic ring is 1. The molecule has 0 aromatic heterocycles. The first-order valence-corrected chi connectivity index (χ1v) is 8.56. The largest absolute Gasteiger partial charge is 0.396 e. The molecule has 6 nitrogen and oxygen atoms in total. The van der Waals surface area contributed by atoms with E-state index < -0.39 is 9.84 Å². The Labute approximate surface area is 126 Å². The fraction of sp³-hybridized carbons (Fsp3) is 0.500. The summed E-state index contributed by atoms with van der Waals surface area (Å²) in [4.78, 5) is 2.18. The third kappa shape index (κ3) is 5.45. The summed E-state index contributed by atoms with van der Waals surface area (Å²) in [5.41, 5.74) is 5.79. The predicted molar refractivity (Wildman–Crippen MR) is 83.3 cm³/mol. The van der Waals surface area contributed by atoms with Crippen molar-refractivity contribution in [1.29, 1.82) is 5.41 Å². The van der Waals surface area contributed by atoms with Gasteiger partial charge in [-0.2, -0.15) is 0 Å². The average molecular weight is 313 g/mol. The summed E-state index contributed by atoms with van der Waals surface area (Å²) in [7, 11) is -3.40. The van der Waals surface area contributed by atoms with Crippen LogP contribution in [0.15, 0.2) is 29.2 Å². The molecule has 0 unspecified atom stereocenters. The molecule has 0 aliphatic heterocycles. The van der Waals surface area contributed by atoms with Crippen molar-refractivity contribution in [1.82, 2.24) is 4.90 Å². The third-order valence-corrected chi connectivity index (χ3v) is 4.95. The quantitative estimate of drug-likeness (QED) is 0.453. The van der Waals surface area contributed by atoms with Crippen molar-refractivity contribution in [3.63, 3.8) is 0 Å². The second-order valence-corrected chi connectivity index (χ2v) is 6.88. The summed E-state index contributed by atoms with van der Waals surface area (Å²) in [5, 5.41) is 16.2. The predicted octanol–water partition coefficient (Wildman–Crippen LogP) is 0.449. The Morgan fingerprint density at radius 1 is 1.38 bits per heavy atom. The monoisotopic (exact) mass is 313 g/mol. The number of hydrogen-bond donors (Lipinski definition) is 3. The molecule has 1 rings (SSSR count). The average Bonchev–Trinajstić information content (AvgIpc) is 2.47. The van der Waals surface area contributed by atoms with E-state index in [1.165, 1.54) is 12.1 Å². The highest BCUT2D eigenvalue weighted by Gasteiger charge is 2.16. The topological polar surface area (TPSA) is 107 Å². The molecule has 0 spiro atoms. The smallest absolute Gasteiger partial charge is 0.179 e. The van der Waals surface area contributed by atoms with Crippen LogP contribution in [0.5, 0.6) is 0 Å². The third-order valence-electron chi connectivity index (χ3n) is 3.26. The molecule has 0 atom stereocenters. The number of nitrogens with one attached hydrogen (secondary N) is 1. The SMILES string of the molecule is CCN(CCCO)CCS(=O)(=O)c1cccc(C(=N)N)c1. The molecule has 0 radical (unpaired) electrons. The van der Waals surface area contributed by atoms with Crippen molar-refractivity contribution in [2.75, 3.05) is 32.0 Å².